The number of carbonyl (C=O) groups is 4. The van der Waals surface area contributed by atoms with Gasteiger partial charge in [-0.2, -0.15) is 0 Å². The van der Waals surface area contributed by atoms with Crippen molar-refractivity contribution in [3.8, 4) is 0 Å². The molecule has 1 unspecified atom stereocenters. The predicted octanol–water partition coefficient (Wildman–Crippen LogP) is 1.12. The van der Waals surface area contributed by atoms with Gasteiger partial charge in [-0.05, 0) is 39.3 Å². The van der Waals surface area contributed by atoms with Crippen LogP contribution < -0.4 is 0 Å². The number of rotatable bonds is 2. The Labute approximate surface area is 167 Å². The Morgan fingerprint density at radius 1 is 1.07 bits per heavy atom. The third kappa shape index (κ3) is 4.24. The van der Waals surface area contributed by atoms with E-state index in [4.69, 9.17) is 9.57 Å². The highest BCUT2D eigenvalue weighted by atomic mass is 32.2. The second-order valence-corrected chi connectivity index (χ2v) is 9.85. The van der Waals surface area contributed by atoms with Gasteiger partial charge in [-0.15, -0.1) is 0 Å². The van der Waals surface area contributed by atoms with Gasteiger partial charge in [0.1, 0.15) is 17.5 Å². The van der Waals surface area contributed by atoms with Crippen molar-refractivity contribution in [2.75, 3.05) is 11.6 Å². The van der Waals surface area contributed by atoms with Crippen LogP contribution in [0.1, 0.15) is 47.9 Å². The zero-order valence-corrected chi connectivity index (χ0v) is 16.9. The Hall–Kier alpha value is -2.95. The molecule has 29 heavy (non-hydrogen) atoms. The highest BCUT2D eigenvalue weighted by molar-refractivity contribution is 7.91. The second-order valence-electron chi connectivity index (χ2n) is 7.69. The van der Waals surface area contributed by atoms with Crippen LogP contribution in [-0.2, 0) is 24.2 Å². The summed E-state index contributed by atoms with van der Waals surface area (Å²) in [6, 6.07) is 4.64. The summed E-state index contributed by atoms with van der Waals surface area (Å²) >= 11 is 0. The average Bonchev–Trinajstić information content (AvgIpc) is 2.85. The van der Waals surface area contributed by atoms with E-state index in [-0.39, 0.29) is 23.3 Å². The number of carbonyl (C=O) groups excluding carboxylic acids is 4. The van der Waals surface area contributed by atoms with Crippen molar-refractivity contribution in [2.24, 2.45) is 0 Å². The molecule has 0 saturated carbocycles. The van der Waals surface area contributed by atoms with Crippen molar-refractivity contribution in [3.05, 3.63) is 35.4 Å². The predicted molar refractivity (Wildman–Crippen MR) is 98.2 cm³/mol. The quantitative estimate of drug-likeness (QED) is 0.646. The topological polar surface area (TPSA) is 127 Å². The maximum atomic E-state index is 12.7. The number of ether oxygens (including phenoxy) is 1. The van der Waals surface area contributed by atoms with Gasteiger partial charge in [-0.1, -0.05) is 17.2 Å². The molecule has 11 heteroatoms. The molecular formula is C18H20N2O8S. The first kappa shape index (κ1) is 20.8. The fraction of sp³-hybridized carbons (Fsp3) is 0.444. The van der Waals surface area contributed by atoms with Gasteiger partial charge >= 0.3 is 12.1 Å². The first-order valence-electron chi connectivity index (χ1n) is 8.79. The third-order valence-corrected chi connectivity index (χ3v) is 5.78. The Morgan fingerprint density at radius 3 is 2.14 bits per heavy atom. The molecule has 2 aliphatic heterocycles. The van der Waals surface area contributed by atoms with Gasteiger partial charge < -0.3 is 9.57 Å². The van der Waals surface area contributed by atoms with Crippen molar-refractivity contribution in [3.63, 3.8) is 0 Å². The molecule has 1 atom stereocenters. The van der Waals surface area contributed by atoms with Crippen LogP contribution in [0, 0.1) is 0 Å². The van der Waals surface area contributed by atoms with E-state index >= 15 is 0 Å². The number of hydroxylamine groups is 2. The Bertz CT molecular complexity index is 960. The Kier molecular flexibility index (Phi) is 5.11. The molecule has 156 valence electrons. The van der Waals surface area contributed by atoms with Crippen LogP contribution in [-0.4, -0.2) is 65.5 Å². The minimum atomic E-state index is -3.62. The van der Waals surface area contributed by atoms with Gasteiger partial charge in [0.2, 0.25) is 0 Å². The van der Waals surface area contributed by atoms with E-state index in [0.717, 1.165) is 4.90 Å². The van der Waals surface area contributed by atoms with E-state index in [1.807, 2.05) is 0 Å². The van der Waals surface area contributed by atoms with Crippen LogP contribution in [0.15, 0.2) is 24.3 Å². The molecule has 1 aromatic rings. The maximum Gasteiger partial charge on any atom is 0.411 e. The lowest BCUT2D eigenvalue weighted by atomic mass is 10.1. The van der Waals surface area contributed by atoms with Crippen LogP contribution in [0.25, 0.3) is 0 Å². The highest BCUT2D eigenvalue weighted by Crippen LogP contribution is 2.25. The van der Waals surface area contributed by atoms with Crippen LogP contribution >= 0.6 is 0 Å². The van der Waals surface area contributed by atoms with Crippen LogP contribution in [0.3, 0.4) is 0 Å². The van der Waals surface area contributed by atoms with E-state index in [0.29, 0.717) is 5.06 Å². The van der Waals surface area contributed by atoms with E-state index in [1.54, 1.807) is 32.9 Å². The molecule has 0 bridgehead atoms. The van der Waals surface area contributed by atoms with Gasteiger partial charge in [-0.25, -0.2) is 18.0 Å². The van der Waals surface area contributed by atoms with Crippen LogP contribution in [0.5, 0.6) is 0 Å². The second kappa shape index (κ2) is 7.14. The molecule has 2 aliphatic rings. The molecule has 0 N–H and O–H groups in total. The number of benzene rings is 1. The lowest BCUT2D eigenvalue weighted by Crippen LogP contribution is -2.55. The summed E-state index contributed by atoms with van der Waals surface area (Å²) < 4.78 is 29.1. The number of sulfone groups is 1. The van der Waals surface area contributed by atoms with E-state index in [9.17, 15) is 27.6 Å². The molecule has 10 nitrogen and oxygen atoms in total. The average molecular weight is 424 g/mol. The number of hydrogen-bond acceptors (Lipinski definition) is 8. The summed E-state index contributed by atoms with van der Waals surface area (Å²) in [5.41, 5.74) is -0.754. The first-order chi connectivity index (χ1) is 13.4. The Morgan fingerprint density at radius 2 is 1.62 bits per heavy atom. The van der Waals surface area contributed by atoms with E-state index in [1.165, 1.54) is 12.1 Å². The molecule has 2 heterocycles. The molecule has 1 saturated heterocycles. The van der Waals surface area contributed by atoms with Crippen molar-refractivity contribution >= 4 is 33.7 Å². The molecule has 1 fully saturated rings. The zero-order valence-electron chi connectivity index (χ0n) is 16.1. The monoisotopic (exact) mass is 424 g/mol. The number of hydrogen-bond donors (Lipinski definition) is 0. The van der Waals surface area contributed by atoms with Gasteiger partial charge in [-0.3, -0.25) is 14.5 Å². The maximum absolute atomic E-state index is 12.7. The summed E-state index contributed by atoms with van der Waals surface area (Å²) in [7, 11) is -3.62. The lowest BCUT2D eigenvalue weighted by molar-refractivity contribution is -0.174. The van der Waals surface area contributed by atoms with Gasteiger partial charge in [0.25, 0.3) is 11.8 Å². The molecule has 0 spiro atoms. The van der Waals surface area contributed by atoms with Crippen LogP contribution in [0.2, 0.25) is 0 Å². The third-order valence-electron chi connectivity index (χ3n) is 4.25. The van der Waals surface area contributed by atoms with E-state index in [2.05, 4.69) is 0 Å². The smallest absolute Gasteiger partial charge is 0.411 e. The minimum Gasteiger partial charge on any atom is -0.444 e. The van der Waals surface area contributed by atoms with Crippen molar-refractivity contribution < 1.29 is 37.2 Å². The molecule has 1 aromatic carbocycles. The number of fused-ring (bicyclic) bond motifs is 1. The van der Waals surface area contributed by atoms with Crippen molar-refractivity contribution in [1.82, 2.24) is 9.96 Å². The van der Waals surface area contributed by atoms with Crippen LogP contribution in [0.4, 0.5) is 4.79 Å². The largest absolute Gasteiger partial charge is 0.444 e. The number of imide groups is 1. The van der Waals surface area contributed by atoms with Crippen molar-refractivity contribution in [1.29, 1.82) is 0 Å². The zero-order chi connectivity index (χ0) is 21.6. The van der Waals surface area contributed by atoms with Crippen molar-refractivity contribution in [2.45, 2.75) is 38.8 Å². The number of amides is 3. The normalized spacial score (nSPS) is 21.0. The molecule has 3 rings (SSSR count). The van der Waals surface area contributed by atoms with E-state index < -0.39 is 51.2 Å². The summed E-state index contributed by atoms with van der Waals surface area (Å²) in [5.74, 6) is -3.81. The minimum absolute atomic E-state index is 0.0838. The highest BCUT2D eigenvalue weighted by Gasteiger charge is 2.45. The summed E-state index contributed by atoms with van der Waals surface area (Å²) in [5, 5.41) is 0.323. The molecule has 3 amide bonds. The first-order valence-corrected chi connectivity index (χ1v) is 10.6. The lowest BCUT2D eigenvalue weighted by Gasteiger charge is -2.35. The summed E-state index contributed by atoms with van der Waals surface area (Å²) in [6.45, 7) is 4.78. The number of nitrogens with zero attached hydrogens (tertiary/aromatic N) is 2. The summed E-state index contributed by atoms with van der Waals surface area (Å²) in [6.07, 6.45) is -1.26. The van der Waals surface area contributed by atoms with Gasteiger partial charge in [0.15, 0.2) is 9.84 Å². The van der Waals surface area contributed by atoms with Gasteiger partial charge in [0.05, 0.1) is 16.9 Å². The van der Waals surface area contributed by atoms with Gasteiger partial charge in [0, 0.05) is 0 Å². The molecule has 0 radical (unpaired) electrons. The Balaban J connectivity index is 1.81. The molecule has 0 aromatic heterocycles. The fourth-order valence-corrected chi connectivity index (χ4v) is 4.38. The summed E-state index contributed by atoms with van der Waals surface area (Å²) in [4.78, 5) is 55.6. The standard InChI is InChI=1S/C18H20N2O8S/c1-18(2,3)27-17(24)19-10-29(25,26)9-8-13(19)16(23)28-20-14(21)11-6-4-5-7-12(11)15(20)22/h4-7,13H,8-10H2,1-3H3. The molecule has 0 aliphatic carbocycles. The molecular weight excluding hydrogens is 404 g/mol. The SMILES string of the molecule is CC(C)(C)OC(=O)N1CS(=O)(=O)CCC1C(=O)ON1C(=O)c2ccccc2C1=O. The fourth-order valence-electron chi connectivity index (χ4n) is 2.96.